The van der Waals surface area contributed by atoms with Crippen molar-refractivity contribution in [3.8, 4) is 0 Å². The van der Waals surface area contributed by atoms with Gasteiger partial charge >= 0.3 is 0 Å². The van der Waals surface area contributed by atoms with E-state index in [1.807, 2.05) is 19.1 Å². The zero-order valence-corrected chi connectivity index (χ0v) is 13.0. The Morgan fingerprint density at radius 2 is 2.25 bits per heavy atom. The number of thiocarbonyl (C=S) groups is 1. The molecule has 0 bridgehead atoms. The first-order valence-corrected chi connectivity index (χ1v) is 7.29. The molecule has 0 saturated carbocycles. The quantitative estimate of drug-likeness (QED) is 0.323. The maximum absolute atomic E-state index is 5.51. The van der Waals surface area contributed by atoms with Crippen LogP contribution in [0, 0.1) is 6.92 Å². The minimum absolute atomic E-state index is 0.212. The van der Waals surface area contributed by atoms with E-state index >= 15 is 0 Å². The predicted octanol–water partition coefficient (Wildman–Crippen LogP) is 1.86. The smallest absolute Gasteiger partial charge is 0.197 e. The molecular formula is C14H23N5S. The van der Waals surface area contributed by atoms with Gasteiger partial charge in [0.25, 0.3) is 0 Å². The van der Waals surface area contributed by atoms with E-state index in [1.165, 1.54) is 12.8 Å². The van der Waals surface area contributed by atoms with Crippen LogP contribution in [0.4, 0.5) is 0 Å². The molecule has 20 heavy (non-hydrogen) atoms. The summed E-state index contributed by atoms with van der Waals surface area (Å²) < 4.78 is 0. The fourth-order valence-electron chi connectivity index (χ4n) is 1.68. The lowest BCUT2D eigenvalue weighted by Gasteiger charge is -2.11. The lowest BCUT2D eigenvalue weighted by molar-refractivity contribution is 0.689. The number of guanidine groups is 1. The van der Waals surface area contributed by atoms with Crippen LogP contribution >= 0.6 is 12.2 Å². The van der Waals surface area contributed by atoms with Crippen molar-refractivity contribution in [1.82, 2.24) is 15.6 Å². The maximum atomic E-state index is 5.51. The van der Waals surface area contributed by atoms with Crippen LogP contribution in [0.5, 0.6) is 0 Å². The van der Waals surface area contributed by atoms with E-state index in [-0.39, 0.29) is 5.11 Å². The highest BCUT2D eigenvalue weighted by atomic mass is 32.1. The van der Waals surface area contributed by atoms with Gasteiger partial charge in [0.15, 0.2) is 11.1 Å². The number of aromatic nitrogens is 1. The average Bonchev–Trinajstić information content (AvgIpc) is 2.41. The first-order chi connectivity index (χ1) is 9.63. The minimum Gasteiger partial charge on any atom is -0.376 e. The predicted molar refractivity (Wildman–Crippen MR) is 87.6 cm³/mol. The number of aliphatic imine (C=N–C) groups is 1. The lowest BCUT2D eigenvalue weighted by Crippen LogP contribution is -2.43. The number of hydrogen-bond acceptors (Lipinski definition) is 3. The zero-order valence-electron chi connectivity index (χ0n) is 12.1. The Bertz CT molecular complexity index is 459. The second kappa shape index (κ2) is 9.25. The number of nitrogens with two attached hydrogens (primary N) is 1. The van der Waals surface area contributed by atoms with Gasteiger partial charge in [-0.05, 0) is 37.2 Å². The van der Waals surface area contributed by atoms with Crippen LogP contribution in [0.1, 0.15) is 37.4 Å². The third-order valence-electron chi connectivity index (χ3n) is 2.82. The monoisotopic (exact) mass is 293 g/mol. The third kappa shape index (κ3) is 6.47. The molecule has 1 heterocycles. The SMILES string of the molecule is CCCCCNC(=NCc1ncccc1C)NC(N)=S. The molecule has 4 N–H and O–H groups in total. The summed E-state index contributed by atoms with van der Waals surface area (Å²) in [6, 6.07) is 3.94. The topological polar surface area (TPSA) is 75.3 Å². The summed E-state index contributed by atoms with van der Waals surface area (Å²) in [6.45, 7) is 5.54. The van der Waals surface area contributed by atoms with Crippen LogP contribution < -0.4 is 16.4 Å². The van der Waals surface area contributed by atoms with Crippen molar-refractivity contribution in [1.29, 1.82) is 0 Å². The first kappa shape index (κ1) is 16.4. The molecule has 0 amide bonds. The minimum atomic E-state index is 0.212. The molecule has 110 valence electrons. The Kier molecular flexibility index (Phi) is 7.57. The summed E-state index contributed by atoms with van der Waals surface area (Å²) in [6.07, 6.45) is 5.24. The highest BCUT2D eigenvalue weighted by Crippen LogP contribution is 2.04. The number of hydrogen-bond donors (Lipinski definition) is 3. The summed E-state index contributed by atoms with van der Waals surface area (Å²) in [4.78, 5) is 8.77. The maximum Gasteiger partial charge on any atom is 0.197 e. The summed E-state index contributed by atoms with van der Waals surface area (Å²) in [7, 11) is 0. The first-order valence-electron chi connectivity index (χ1n) is 6.88. The number of unbranched alkanes of at least 4 members (excludes halogenated alkanes) is 2. The molecular weight excluding hydrogens is 270 g/mol. The summed E-state index contributed by atoms with van der Waals surface area (Å²) in [5.74, 6) is 0.610. The molecule has 6 heteroatoms. The molecule has 0 atom stereocenters. The second-order valence-electron chi connectivity index (χ2n) is 4.55. The summed E-state index contributed by atoms with van der Waals surface area (Å²) in [5.41, 5.74) is 7.58. The Balaban J connectivity index is 2.59. The van der Waals surface area contributed by atoms with E-state index in [4.69, 9.17) is 18.0 Å². The van der Waals surface area contributed by atoms with E-state index in [2.05, 4.69) is 27.5 Å². The van der Waals surface area contributed by atoms with Crippen molar-refractivity contribution in [2.24, 2.45) is 10.7 Å². The van der Waals surface area contributed by atoms with Gasteiger partial charge in [-0.3, -0.25) is 4.98 Å². The van der Waals surface area contributed by atoms with Crippen LogP contribution in [-0.4, -0.2) is 22.6 Å². The van der Waals surface area contributed by atoms with Gasteiger partial charge in [-0.1, -0.05) is 25.8 Å². The molecule has 5 nitrogen and oxygen atoms in total. The van der Waals surface area contributed by atoms with E-state index < -0.39 is 0 Å². The van der Waals surface area contributed by atoms with Gasteiger partial charge < -0.3 is 16.4 Å². The Labute approximate surface area is 126 Å². The zero-order chi connectivity index (χ0) is 14.8. The molecule has 0 fully saturated rings. The fraction of sp³-hybridized carbons (Fsp3) is 0.500. The Morgan fingerprint density at radius 1 is 1.45 bits per heavy atom. The molecule has 0 saturated heterocycles. The van der Waals surface area contributed by atoms with E-state index in [0.717, 1.165) is 24.2 Å². The normalized spacial score (nSPS) is 11.2. The van der Waals surface area contributed by atoms with Gasteiger partial charge in [0, 0.05) is 12.7 Å². The molecule has 0 spiro atoms. The van der Waals surface area contributed by atoms with Crippen LogP contribution in [0.15, 0.2) is 23.3 Å². The third-order valence-corrected chi connectivity index (χ3v) is 2.92. The molecule has 0 unspecified atom stereocenters. The standard InChI is InChI=1S/C14H23N5S/c1-3-4-5-8-17-14(19-13(15)20)18-10-12-11(2)7-6-9-16-12/h6-7,9H,3-5,8,10H2,1-2H3,(H4,15,17,18,19,20). The van der Waals surface area contributed by atoms with Crippen LogP contribution in [-0.2, 0) is 6.54 Å². The number of rotatable bonds is 6. The van der Waals surface area contributed by atoms with Gasteiger partial charge in [-0.25, -0.2) is 4.99 Å². The van der Waals surface area contributed by atoms with Crippen molar-refractivity contribution < 1.29 is 0 Å². The number of nitrogens with zero attached hydrogens (tertiary/aromatic N) is 2. The lowest BCUT2D eigenvalue weighted by atomic mass is 10.2. The molecule has 0 aliphatic rings. The number of nitrogens with one attached hydrogen (secondary N) is 2. The Morgan fingerprint density at radius 3 is 2.90 bits per heavy atom. The van der Waals surface area contributed by atoms with Crippen molar-refractivity contribution in [3.63, 3.8) is 0 Å². The van der Waals surface area contributed by atoms with Crippen LogP contribution in [0.2, 0.25) is 0 Å². The molecule has 0 aromatic carbocycles. The van der Waals surface area contributed by atoms with E-state index in [9.17, 15) is 0 Å². The highest BCUT2D eigenvalue weighted by Gasteiger charge is 2.01. The number of aryl methyl sites for hydroxylation is 1. The van der Waals surface area contributed by atoms with Crippen LogP contribution in [0.25, 0.3) is 0 Å². The molecule has 0 aliphatic heterocycles. The van der Waals surface area contributed by atoms with Gasteiger partial charge in [0.05, 0.1) is 12.2 Å². The average molecular weight is 293 g/mol. The number of pyridine rings is 1. The fourth-order valence-corrected chi connectivity index (χ4v) is 1.77. The summed E-state index contributed by atoms with van der Waals surface area (Å²) in [5, 5.41) is 6.30. The van der Waals surface area contributed by atoms with Gasteiger partial charge in [-0.2, -0.15) is 0 Å². The molecule has 0 aliphatic carbocycles. The van der Waals surface area contributed by atoms with E-state index in [1.54, 1.807) is 6.20 Å². The second-order valence-corrected chi connectivity index (χ2v) is 4.99. The Hall–Kier alpha value is -1.69. The van der Waals surface area contributed by atoms with Crippen molar-refractivity contribution in [3.05, 3.63) is 29.6 Å². The molecule has 0 radical (unpaired) electrons. The molecule has 1 aromatic rings. The highest BCUT2D eigenvalue weighted by molar-refractivity contribution is 7.80. The summed E-state index contributed by atoms with van der Waals surface area (Å²) >= 11 is 4.86. The van der Waals surface area contributed by atoms with E-state index in [0.29, 0.717) is 12.5 Å². The van der Waals surface area contributed by atoms with Crippen molar-refractivity contribution in [2.45, 2.75) is 39.7 Å². The molecule has 1 aromatic heterocycles. The van der Waals surface area contributed by atoms with Crippen LogP contribution in [0.3, 0.4) is 0 Å². The van der Waals surface area contributed by atoms with Gasteiger partial charge in [-0.15, -0.1) is 0 Å². The van der Waals surface area contributed by atoms with Crippen molar-refractivity contribution in [2.75, 3.05) is 6.54 Å². The van der Waals surface area contributed by atoms with Crippen molar-refractivity contribution >= 4 is 23.3 Å². The van der Waals surface area contributed by atoms with Gasteiger partial charge in [0.1, 0.15) is 0 Å². The largest absolute Gasteiger partial charge is 0.376 e. The van der Waals surface area contributed by atoms with Gasteiger partial charge in [0.2, 0.25) is 0 Å². The molecule has 1 rings (SSSR count).